The van der Waals surface area contributed by atoms with Crippen LogP contribution >= 0.6 is 0 Å². The first-order valence-corrected chi connectivity index (χ1v) is 5.75. The molecule has 0 atom stereocenters. The Kier molecular flexibility index (Phi) is 3.84. The van der Waals surface area contributed by atoms with Gasteiger partial charge in [0.25, 0.3) is 0 Å². The number of nitrogens with zero attached hydrogens (tertiary/aromatic N) is 1. The SMILES string of the molecule is CCN(Cc1ccco1)Cc1occc1C(=O)O. The van der Waals surface area contributed by atoms with Gasteiger partial charge in [0.15, 0.2) is 0 Å². The minimum Gasteiger partial charge on any atom is -0.478 e. The fourth-order valence-corrected chi connectivity index (χ4v) is 1.76. The Bertz CT molecular complexity index is 501. The third kappa shape index (κ3) is 2.81. The van der Waals surface area contributed by atoms with Crippen LogP contribution in [0.25, 0.3) is 0 Å². The topological polar surface area (TPSA) is 66.8 Å². The molecule has 0 aliphatic heterocycles. The molecule has 18 heavy (non-hydrogen) atoms. The molecule has 0 aromatic carbocycles. The molecule has 0 radical (unpaired) electrons. The first-order chi connectivity index (χ1) is 8.70. The number of aromatic carboxylic acids is 1. The van der Waals surface area contributed by atoms with Crippen LogP contribution in [0.2, 0.25) is 0 Å². The number of hydrogen-bond donors (Lipinski definition) is 1. The first-order valence-electron chi connectivity index (χ1n) is 5.75. The van der Waals surface area contributed by atoms with Gasteiger partial charge in [0, 0.05) is 0 Å². The molecule has 0 aliphatic rings. The molecule has 1 N–H and O–H groups in total. The van der Waals surface area contributed by atoms with Crippen molar-refractivity contribution in [2.75, 3.05) is 6.54 Å². The number of carbonyl (C=O) groups is 1. The van der Waals surface area contributed by atoms with E-state index in [-0.39, 0.29) is 5.56 Å². The lowest BCUT2D eigenvalue weighted by atomic mass is 10.2. The highest BCUT2D eigenvalue weighted by Crippen LogP contribution is 2.15. The van der Waals surface area contributed by atoms with Crippen molar-refractivity contribution in [1.82, 2.24) is 4.90 Å². The second kappa shape index (κ2) is 5.55. The molecule has 5 nitrogen and oxygen atoms in total. The second-order valence-corrected chi connectivity index (χ2v) is 3.95. The smallest absolute Gasteiger partial charge is 0.339 e. The normalized spacial score (nSPS) is 11.0. The molecule has 2 heterocycles. The molecule has 2 rings (SSSR count). The summed E-state index contributed by atoms with van der Waals surface area (Å²) in [4.78, 5) is 13.0. The van der Waals surface area contributed by atoms with Gasteiger partial charge < -0.3 is 13.9 Å². The molecule has 0 aliphatic carbocycles. The van der Waals surface area contributed by atoms with Crippen LogP contribution in [0.3, 0.4) is 0 Å². The lowest BCUT2D eigenvalue weighted by Crippen LogP contribution is -2.22. The summed E-state index contributed by atoms with van der Waals surface area (Å²) in [6.45, 7) is 3.86. The second-order valence-electron chi connectivity index (χ2n) is 3.95. The molecule has 0 bridgehead atoms. The van der Waals surface area contributed by atoms with Gasteiger partial charge >= 0.3 is 5.97 Å². The van der Waals surface area contributed by atoms with Crippen molar-refractivity contribution in [2.24, 2.45) is 0 Å². The summed E-state index contributed by atoms with van der Waals surface area (Å²) in [5.74, 6) is 0.351. The Hall–Kier alpha value is -2.01. The highest BCUT2D eigenvalue weighted by molar-refractivity contribution is 5.88. The molecular formula is C13H15NO4. The maximum absolute atomic E-state index is 11.0. The lowest BCUT2D eigenvalue weighted by Gasteiger charge is -2.17. The molecular weight excluding hydrogens is 234 g/mol. The molecule has 5 heteroatoms. The van der Waals surface area contributed by atoms with E-state index in [1.807, 2.05) is 24.0 Å². The van der Waals surface area contributed by atoms with Gasteiger partial charge in [-0.3, -0.25) is 4.90 Å². The van der Waals surface area contributed by atoms with Gasteiger partial charge in [0.2, 0.25) is 0 Å². The van der Waals surface area contributed by atoms with Gasteiger partial charge in [-0.25, -0.2) is 4.79 Å². The third-order valence-corrected chi connectivity index (χ3v) is 2.75. The zero-order valence-corrected chi connectivity index (χ0v) is 10.1. The van der Waals surface area contributed by atoms with E-state index in [0.29, 0.717) is 18.8 Å². The molecule has 0 spiro atoms. The summed E-state index contributed by atoms with van der Waals surface area (Å²) in [5, 5.41) is 9.00. The summed E-state index contributed by atoms with van der Waals surface area (Å²) in [6, 6.07) is 5.19. The van der Waals surface area contributed by atoms with Crippen molar-refractivity contribution in [1.29, 1.82) is 0 Å². The van der Waals surface area contributed by atoms with Crippen LogP contribution in [0.5, 0.6) is 0 Å². The maximum Gasteiger partial charge on any atom is 0.339 e. The van der Waals surface area contributed by atoms with E-state index in [0.717, 1.165) is 12.3 Å². The summed E-state index contributed by atoms with van der Waals surface area (Å²) in [5.41, 5.74) is 0.216. The fraction of sp³-hybridized carbons (Fsp3) is 0.308. The molecule has 0 unspecified atom stereocenters. The van der Waals surface area contributed by atoms with Crippen LogP contribution in [-0.4, -0.2) is 22.5 Å². The predicted octanol–water partition coefficient (Wildman–Crippen LogP) is 2.59. The first kappa shape index (κ1) is 12.4. The Morgan fingerprint density at radius 3 is 2.72 bits per heavy atom. The van der Waals surface area contributed by atoms with Gasteiger partial charge in [0.05, 0.1) is 25.6 Å². The summed E-state index contributed by atoms with van der Waals surface area (Å²) < 4.78 is 10.5. The van der Waals surface area contributed by atoms with Crippen molar-refractivity contribution in [3.05, 3.63) is 47.8 Å². The average Bonchev–Trinajstić information content (AvgIpc) is 2.98. The lowest BCUT2D eigenvalue weighted by molar-refractivity contribution is 0.0692. The molecule has 2 aromatic rings. The highest BCUT2D eigenvalue weighted by atomic mass is 16.4. The van der Waals surface area contributed by atoms with Crippen molar-refractivity contribution >= 4 is 5.97 Å². The standard InChI is InChI=1S/C13H15NO4/c1-2-14(8-10-4-3-6-17-10)9-12-11(13(15)16)5-7-18-12/h3-7H,2,8-9H2,1H3,(H,15,16). The third-order valence-electron chi connectivity index (χ3n) is 2.75. The molecule has 2 aromatic heterocycles. The van der Waals surface area contributed by atoms with Crippen LogP contribution in [0.15, 0.2) is 39.6 Å². The van der Waals surface area contributed by atoms with Crippen molar-refractivity contribution < 1.29 is 18.7 Å². The highest BCUT2D eigenvalue weighted by Gasteiger charge is 2.16. The van der Waals surface area contributed by atoms with E-state index >= 15 is 0 Å². The van der Waals surface area contributed by atoms with Crippen molar-refractivity contribution in [2.45, 2.75) is 20.0 Å². The van der Waals surface area contributed by atoms with Gasteiger partial charge in [-0.05, 0) is 24.7 Å². The number of rotatable bonds is 6. The van der Waals surface area contributed by atoms with E-state index in [1.165, 1.54) is 12.3 Å². The van der Waals surface area contributed by atoms with Gasteiger partial charge in [-0.1, -0.05) is 6.92 Å². The van der Waals surface area contributed by atoms with Crippen LogP contribution in [0.1, 0.15) is 28.8 Å². The summed E-state index contributed by atoms with van der Waals surface area (Å²) >= 11 is 0. The van der Waals surface area contributed by atoms with Gasteiger partial charge in [-0.2, -0.15) is 0 Å². The summed E-state index contributed by atoms with van der Waals surface area (Å²) in [6.07, 6.45) is 3.03. The van der Waals surface area contributed by atoms with Gasteiger partial charge in [0.1, 0.15) is 17.1 Å². The number of carboxylic acid groups (broad SMARTS) is 1. The van der Waals surface area contributed by atoms with E-state index in [2.05, 4.69) is 0 Å². The monoisotopic (exact) mass is 249 g/mol. The minimum absolute atomic E-state index is 0.216. The predicted molar refractivity (Wildman–Crippen MR) is 64.2 cm³/mol. The van der Waals surface area contributed by atoms with E-state index in [1.54, 1.807) is 6.26 Å². The number of hydrogen-bond acceptors (Lipinski definition) is 4. The largest absolute Gasteiger partial charge is 0.478 e. The maximum atomic E-state index is 11.0. The van der Waals surface area contributed by atoms with E-state index in [9.17, 15) is 4.79 Å². The van der Waals surface area contributed by atoms with Crippen LogP contribution in [-0.2, 0) is 13.1 Å². The van der Waals surface area contributed by atoms with Gasteiger partial charge in [-0.15, -0.1) is 0 Å². The number of carboxylic acids is 1. The average molecular weight is 249 g/mol. The van der Waals surface area contributed by atoms with E-state index in [4.69, 9.17) is 13.9 Å². The Balaban J connectivity index is 2.06. The number of furan rings is 2. The zero-order valence-electron chi connectivity index (χ0n) is 10.1. The quantitative estimate of drug-likeness (QED) is 0.852. The Morgan fingerprint density at radius 2 is 2.11 bits per heavy atom. The Morgan fingerprint density at radius 1 is 1.28 bits per heavy atom. The molecule has 0 fully saturated rings. The van der Waals surface area contributed by atoms with Crippen molar-refractivity contribution in [3.8, 4) is 0 Å². The summed E-state index contributed by atoms with van der Waals surface area (Å²) in [7, 11) is 0. The van der Waals surface area contributed by atoms with E-state index < -0.39 is 5.97 Å². The zero-order chi connectivity index (χ0) is 13.0. The van der Waals surface area contributed by atoms with Crippen molar-refractivity contribution in [3.63, 3.8) is 0 Å². The fourth-order valence-electron chi connectivity index (χ4n) is 1.76. The van der Waals surface area contributed by atoms with Crippen LogP contribution < -0.4 is 0 Å². The minimum atomic E-state index is -0.965. The molecule has 96 valence electrons. The van der Waals surface area contributed by atoms with Crippen LogP contribution in [0.4, 0.5) is 0 Å². The molecule has 0 saturated carbocycles. The molecule has 0 amide bonds. The van der Waals surface area contributed by atoms with Crippen LogP contribution in [0, 0.1) is 0 Å². The Labute approximate surface area is 105 Å². The molecule has 0 saturated heterocycles.